The Labute approximate surface area is 147 Å². The van der Waals surface area contributed by atoms with Crippen LogP contribution in [0.1, 0.15) is 20.3 Å². The minimum absolute atomic E-state index is 0.100. The Balaban J connectivity index is 2.03. The molecule has 2 N–H and O–H groups in total. The highest BCUT2D eigenvalue weighted by Crippen LogP contribution is 2.35. The van der Waals surface area contributed by atoms with Crippen molar-refractivity contribution in [3.05, 3.63) is 23.2 Å². The van der Waals surface area contributed by atoms with Crippen molar-refractivity contribution in [3.8, 4) is 5.75 Å². The molecule has 1 unspecified atom stereocenters. The maximum absolute atomic E-state index is 12.3. The lowest BCUT2D eigenvalue weighted by molar-refractivity contribution is -0.126. The molecule has 2 amide bonds. The summed E-state index contributed by atoms with van der Waals surface area (Å²) in [6.07, 6.45) is 0.192. The number of nitrogens with one attached hydrogen (secondary N) is 2. The number of rotatable bonds is 7. The summed E-state index contributed by atoms with van der Waals surface area (Å²) in [5.74, 6) is -0.00311. The van der Waals surface area contributed by atoms with Gasteiger partial charge in [-0.3, -0.25) is 9.59 Å². The van der Waals surface area contributed by atoms with E-state index >= 15 is 0 Å². The third-order valence-electron chi connectivity index (χ3n) is 4.06. The molecule has 0 bridgehead atoms. The molecule has 2 rings (SSSR count). The van der Waals surface area contributed by atoms with Crippen LogP contribution in [0.15, 0.2) is 18.2 Å². The molecule has 132 valence electrons. The minimum Gasteiger partial charge on any atom is -0.495 e. The van der Waals surface area contributed by atoms with E-state index in [1.54, 1.807) is 30.2 Å². The first kappa shape index (κ1) is 18.5. The Morgan fingerprint density at radius 3 is 2.92 bits per heavy atom. The zero-order chi connectivity index (χ0) is 17.7. The molecule has 0 saturated carbocycles. The Morgan fingerprint density at radius 2 is 2.25 bits per heavy atom. The first-order valence-electron chi connectivity index (χ1n) is 8.11. The molecule has 7 heteroatoms. The van der Waals surface area contributed by atoms with E-state index < -0.39 is 0 Å². The number of hydrogen-bond donors (Lipinski definition) is 2. The fraction of sp³-hybridized carbons (Fsp3) is 0.529. The van der Waals surface area contributed by atoms with Crippen LogP contribution in [0.5, 0.6) is 5.75 Å². The predicted octanol–water partition coefficient (Wildman–Crippen LogP) is 1.82. The molecular weight excluding hydrogens is 330 g/mol. The van der Waals surface area contributed by atoms with E-state index in [1.165, 1.54) is 0 Å². The number of nitrogens with zero attached hydrogens (tertiary/aromatic N) is 1. The van der Waals surface area contributed by atoms with Gasteiger partial charge < -0.3 is 20.3 Å². The molecular formula is C17H24ClN3O3. The first-order chi connectivity index (χ1) is 11.5. The van der Waals surface area contributed by atoms with Crippen molar-refractivity contribution in [2.45, 2.75) is 26.3 Å². The van der Waals surface area contributed by atoms with Crippen LogP contribution in [0.25, 0.3) is 0 Å². The van der Waals surface area contributed by atoms with Crippen LogP contribution in [0.3, 0.4) is 0 Å². The monoisotopic (exact) mass is 353 g/mol. The van der Waals surface area contributed by atoms with Gasteiger partial charge in [-0.25, -0.2) is 0 Å². The molecule has 1 fully saturated rings. The molecule has 2 atom stereocenters. The second-order valence-corrected chi connectivity index (χ2v) is 6.36. The molecule has 1 aromatic carbocycles. The van der Waals surface area contributed by atoms with E-state index in [1.807, 2.05) is 13.8 Å². The zero-order valence-electron chi connectivity index (χ0n) is 14.3. The van der Waals surface area contributed by atoms with Crippen LogP contribution in [-0.2, 0) is 9.59 Å². The highest BCUT2D eigenvalue weighted by Gasteiger charge is 2.36. The Morgan fingerprint density at radius 1 is 1.50 bits per heavy atom. The second kappa shape index (κ2) is 8.35. The molecule has 0 spiro atoms. The summed E-state index contributed by atoms with van der Waals surface area (Å²) in [5, 5.41) is 6.66. The molecule has 0 aromatic heterocycles. The zero-order valence-corrected chi connectivity index (χ0v) is 15.0. The van der Waals surface area contributed by atoms with E-state index in [2.05, 4.69) is 10.6 Å². The summed E-state index contributed by atoms with van der Waals surface area (Å²) in [4.78, 5) is 26.2. The summed E-state index contributed by atoms with van der Waals surface area (Å²) in [5.41, 5.74) is 0.603. The Kier molecular flexibility index (Phi) is 6.45. The van der Waals surface area contributed by atoms with Gasteiger partial charge in [-0.2, -0.15) is 0 Å². The van der Waals surface area contributed by atoms with E-state index in [-0.39, 0.29) is 30.2 Å². The molecule has 24 heavy (non-hydrogen) atoms. The van der Waals surface area contributed by atoms with Crippen molar-refractivity contribution in [1.29, 1.82) is 0 Å². The molecule has 1 aliphatic heterocycles. The summed E-state index contributed by atoms with van der Waals surface area (Å²) in [7, 11) is 1.54. The van der Waals surface area contributed by atoms with Crippen LogP contribution >= 0.6 is 11.6 Å². The lowest BCUT2D eigenvalue weighted by atomic mass is 10.1. The number of likely N-dealkylation sites (N-methyl/N-ethyl adjacent to an activating group) is 1. The molecule has 1 aliphatic rings. The van der Waals surface area contributed by atoms with E-state index in [0.29, 0.717) is 29.5 Å². The van der Waals surface area contributed by atoms with Gasteiger partial charge in [0.1, 0.15) is 5.75 Å². The highest BCUT2D eigenvalue weighted by atomic mass is 35.5. The Hall–Kier alpha value is -1.79. The summed E-state index contributed by atoms with van der Waals surface area (Å²) in [6.45, 7) is 5.74. The van der Waals surface area contributed by atoms with Crippen molar-refractivity contribution in [2.75, 3.05) is 31.6 Å². The second-order valence-electron chi connectivity index (χ2n) is 5.93. The number of methoxy groups -OCH3 is 1. The lowest BCUT2D eigenvalue weighted by Crippen LogP contribution is -2.41. The summed E-state index contributed by atoms with van der Waals surface area (Å²) in [6, 6.07) is 5.30. The highest BCUT2D eigenvalue weighted by molar-refractivity contribution is 6.31. The van der Waals surface area contributed by atoms with Gasteiger partial charge in [-0.15, -0.1) is 0 Å². The van der Waals surface area contributed by atoms with Gasteiger partial charge in [0.15, 0.2) is 0 Å². The van der Waals surface area contributed by atoms with Crippen LogP contribution in [0.2, 0.25) is 5.02 Å². The molecule has 6 nitrogen and oxygen atoms in total. The number of halogens is 1. The van der Waals surface area contributed by atoms with Crippen LogP contribution in [0.4, 0.5) is 5.69 Å². The smallest absolute Gasteiger partial charge is 0.227 e. The topological polar surface area (TPSA) is 70.7 Å². The van der Waals surface area contributed by atoms with Gasteiger partial charge >= 0.3 is 0 Å². The molecule has 1 aromatic rings. The number of hydrogen-bond acceptors (Lipinski definition) is 4. The quantitative estimate of drug-likeness (QED) is 0.784. The van der Waals surface area contributed by atoms with Gasteiger partial charge in [-0.05, 0) is 31.7 Å². The normalized spacial score (nSPS) is 18.6. The van der Waals surface area contributed by atoms with Crippen molar-refractivity contribution in [2.24, 2.45) is 5.92 Å². The van der Waals surface area contributed by atoms with Crippen molar-refractivity contribution in [3.63, 3.8) is 0 Å². The summed E-state index contributed by atoms with van der Waals surface area (Å²) >= 11 is 6.03. The van der Waals surface area contributed by atoms with Gasteiger partial charge in [-0.1, -0.05) is 18.5 Å². The fourth-order valence-corrected chi connectivity index (χ4v) is 2.98. The maximum atomic E-state index is 12.3. The van der Waals surface area contributed by atoms with Gasteiger partial charge in [0.2, 0.25) is 11.8 Å². The van der Waals surface area contributed by atoms with Gasteiger partial charge in [0.25, 0.3) is 0 Å². The number of anilines is 1. The van der Waals surface area contributed by atoms with Gasteiger partial charge in [0.05, 0.1) is 18.7 Å². The van der Waals surface area contributed by atoms with Crippen molar-refractivity contribution < 1.29 is 14.3 Å². The third-order valence-corrected chi connectivity index (χ3v) is 4.30. The average Bonchev–Trinajstić information content (AvgIpc) is 2.94. The van der Waals surface area contributed by atoms with Gasteiger partial charge in [0, 0.05) is 30.6 Å². The maximum Gasteiger partial charge on any atom is 0.227 e. The largest absolute Gasteiger partial charge is 0.495 e. The third kappa shape index (κ3) is 4.39. The number of benzene rings is 1. The standard InChI is InChI=1S/C17H24ClN3O3/c1-4-19-11(2)9-20-17(23)12-7-16(22)21(10-12)14-8-13(18)5-6-15(14)24-3/h5-6,8,11-12,19H,4,7,9-10H2,1-3H3,(H,20,23)/t11-,12?/m1/s1. The van der Waals surface area contributed by atoms with E-state index in [9.17, 15) is 9.59 Å². The summed E-state index contributed by atoms with van der Waals surface area (Å²) < 4.78 is 5.30. The SMILES string of the molecule is CCN[C@H](C)CNC(=O)C1CC(=O)N(c2cc(Cl)ccc2OC)C1. The van der Waals surface area contributed by atoms with Crippen molar-refractivity contribution >= 4 is 29.1 Å². The number of amides is 2. The van der Waals surface area contributed by atoms with Crippen LogP contribution in [0, 0.1) is 5.92 Å². The number of carbonyl (C=O) groups is 2. The Bertz CT molecular complexity index is 609. The first-order valence-corrected chi connectivity index (χ1v) is 8.49. The van der Waals surface area contributed by atoms with Crippen molar-refractivity contribution in [1.82, 2.24) is 10.6 Å². The van der Waals surface area contributed by atoms with E-state index in [0.717, 1.165) is 6.54 Å². The fourth-order valence-electron chi connectivity index (χ4n) is 2.81. The molecule has 0 aliphatic carbocycles. The average molecular weight is 354 g/mol. The minimum atomic E-state index is -0.366. The van der Waals surface area contributed by atoms with Crippen LogP contribution < -0.4 is 20.3 Å². The molecule has 1 saturated heterocycles. The van der Waals surface area contributed by atoms with E-state index in [4.69, 9.17) is 16.3 Å². The molecule has 1 heterocycles. The number of ether oxygens (including phenoxy) is 1. The predicted molar refractivity (Wildman–Crippen MR) is 94.6 cm³/mol. The lowest BCUT2D eigenvalue weighted by Gasteiger charge is -2.20. The van der Waals surface area contributed by atoms with Crippen LogP contribution in [-0.4, -0.2) is 44.6 Å². The molecule has 0 radical (unpaired) electrons. The number of carbonyl (C=O) groups excluding carboxylic acids is 2.